The highest BCUT2D eigenvalue weighted by Crippen LogP contribution is 2.33. The number of para-hydroxylation sites is 2. The molecular formula is C14H12ClN5O. The maximum atomic E-state index is 6.25. The molecule has 7 heteroatoms. The van der Waals surface area contributed by atoms with E-state index in [0.717, 1.165) is 5.69 Å². The van der Waals surface area contributed by atoms with Gasteiger partial charge in [-0.3, -0.25) is 0 Å². The zero-order chi connectivity index (χ0) is 14.8. The fourth-order valence-corrected chi connectivity index (χ4v) is 2.26. The van der Waals surface area contributed by atoms with Crippen LogP contribution in [-0.2, 0) is 0 Å². The van der Waals surface area contributed by atoms with E-state index < -0.39 is 0 Å². The molecule has 0 bridgehead atoms. The van der Waals surface area contributed by atoms with Gasteiger partial charge in [0.05, 0.1) is 17.8 Å². The van der Waals surface area contributed by atoms with E-state index in [-0.39, 0.29) is 0 Å². The van der Waals surface area contributed by atoms with Crippen LogP contribution in [0.5, 0.6) is 5.75 Å². The van der Waals surface area contributed by atoms with Crippen LogP contribution in [-0.4, -0.2) is 27.3 Å². The molecule has 3 rings (SSSR count). The highest BCUT2D eigenvalue weighted by atomic mass is 35.5. The van der Waals surface area contributed by atoms with Crippen LogP contribution in [0.15, 0.2) is 42.5 Å². The molecule has 0 aliphatic rings. The molecule has 1 heterocycles. The first-order valence-corrected chi connectivity index (χ1v) is 6.56. The zero-order valence-corrected chi connectivity index (χ0v) is 11.9. The third-order valence-corrected chi connectivity index (χ3v) is 3.47. The number of tetrazole rings is 1. The fourth-order valence-electron chi connectivity index (χ4n) is 2.04. The third kappa shape index (κ3) is 2.30. The Morgan fingerprint density at radius 1 is 1.14 bits per heavy atom. The van der Waals surface area contributed by atoms with Crippen LogP contribution in [0.25, 0.3) is 17.1 Å². The predicted octanol–water partition coefficient (Wildman–Crippen LogP) is 2.57. The number of anilines is 1. The number of ether oxygens (including phenoxy) is 1. The van der Waals surface area contributed by atoms with Crippen molar-refractivity contribution in [2.75, 3.05) is 12.8 Å². The Kier molecular flexibility index (Phi) is 3.45. The van der Waals surface area contributed by atoms with E-state index in [9.17, 15) is 0 Å². The number of nitrogen functional groups attached to an aromatic ring is 1. The number of benzene rings is 2. The Bertz CT molecular complexity index is 787. The third-order valence-electron chi connectivity index (χ3n) is 3.05. The topological polar surface area (TPSA) is 78.8 Å². The molecule has 0 radical (unpaired) electrons. The van der Waals surface area contributed by atoms with Gasteiger partial charge < -0.3 is 10.5 Å². The normalized spacial score (nSPS) is 10.6. The molecule has 6 nitrogen and oxygen atoms in total. The van der Waals surface area contributed by atoms with Gasteiger partial charge in [0.2, 0.25) is 0 Å². The highest BCUT2D eigenvalue weighted by molar-refractivity contribution is 6.35. The van der Waals surface area contributed by atoms with Crippen LogP contribution in [0, 0.1) is 0 Å². The molecule has 0 spiro atoms. The van der Waals surface area contributed by atoms with Crippen LogP contribution >= 0.6 is 11.6 Å². The van der Waals surface area contributed by atoms with Gasteiger partial charge in [-0.05, 0) is 34.7 Å². The minimum atomic E-state index is 0.420. The number of aromatic nitrogens is 4. The van der Waals surface area contributed by atoms with Gasteiger partial charge in [-0.1, -0.05) is 29.8 Å². The number of nitrogens with zero attached hydrogens (tertiary/aromatic N) is 4. The monoisotopic (exact) mass is 301 g/mol. The maximum Gasteiger partial charge on any atom is 0.188 e. The molecule has 21 heavy (non-hydrogen) atoms. The van der Waals surface area contributed by atoms with Gasteiger partial charge in [0.25, 0.3) is 0 Å². The SMILES string of the molecule is COc1ccccc1-n1nnnc1-c1cccc(N)c1Cl. The Labute approximate surface area is 126 Å². The summed E-state index contributed by atoms with van der Waals surface area (Å²) >= 11 is 6.25. The number of rotatable bonds is 3. The molecule has 106 valence electrons. The second-order valence-corrected chi connectivity index (χ2v) is 4.67. The van der Waals surface area contributed by atoms with Gasteiger partial charge in [0.1, 0.15) is 11.4 Å². The summed E-state index contributed by atoms with van der Waals surface area (Å²) in [5, 5.41) is 12.2. The maximum absolute atomic E-state index is 6.25. The van der Waals surface area contributed by atoms with E-state index in [4.69, 9.17) is 22.1 Å². The van der Waals surface area contributed by atoms with E-state index in [1.54, 1.807) is 23.9 Å². The van der Waals surface area contributed by atoms with E-state index in [0.29, 0.717) is 27.8 Å². The van der Waals surface area contributed by atoms with Crippen molar-refractivity contribution in [3.8, 4) is 22.8 Å². The van der Waals surface area contributed by atoms with E-state index in [2.05, 4.69) is 15.5 Å². The molecule has 0 unspecified atom stereocenters. The summed E-state index contributed by atoms with van der Waals surface area (Å²) in [6, 6.07) is 12.8. The molecule has 0 aliphatic heterocycles. The minimum Gasteiger partial charge on any atom is -0.494 e. The van der Waals surface area contributed by atoms with Gasteiger partial charge in [-0.15, -0.1) is 5.10 Å². The lowest BCUT2D eigenvalue weighted by Crippen LogP contribution is -2.03. The van der Waals surface area contributed by atoms with Gasteiger partial charge >= 0.3 is 0 Å². The largest absolute Gasteiger partial charge is 0.494 e. The van der Waals surface area contributed by atoms with Crippen molar-refractivity contribution >= 4 is 17.3 Å². The number of halogens is 1. The Morgan fingerprint density at radius 2 is 1.95 bits per heavy atom. The summed E-state index contributed by atoms with van der Waals surface area (Å²) in [4.78, 5) is 0. The van der Waals surface area contributed by atoms with Gasteiger partial charge in [0, 0.05) is 5.56 Å². The first-order valence-electron chi connectivity index (χ1n) is 6.18. The van der Waals surface area contributed by atoms with E-state index in [1.165, 1.54) is 0 Å². The Morgan fingerprint density at radius 3 is 2.76 bits per heavy atom. The Balaban J connectivity index is 2.20. The zero-order valence-electron chi connectivity index (χ0n) is 11.2. The molecule has 2 aromatic carbocycles. The molecule has 0 saturated heterocycles. The van der Waals surface area contributed by atoms with Crippen LogP contribution < -0.4 is 10.5 Å². The van der Waals surface area contributed by atoms with Crippen molar-refractivity contribution in [2.24, 2.45) is 0 Å². The molecule has 3 aromatic rings. The molecular weight excluding hydrogens is 290 g/mol. The van der Waals surface area contributed by atoms with Crippen LogP contribution in [0.3, 0.4) is 0 Å². The predicted molar refractivity (Wildman–Crippen MR) is 80.6 cm³/mol. The average molecular weight is 302 g/mol. The summed E-state index contributed by atoms with van der Waals surface area (Å²) < 4.78 is 6.91. The van der Waals surface area contributed by atoms with Gasteiger partial charge in [-0.25, -0.2) is 0 Å². The minimum absolute atomic E-state index is 0.420. The van der Waals surface area contributed by atoms with Crippen LogP contribution in [0.4, 0.5) is 5.69 Å². The number of methoxy groups -OCH3 is 1. The molecule has 0 atom stereocenters. The smallest absolute Gasteiger partial charge is 0.188 e. The summed E-state index contributed by atoms with van der Waals surface area (Å²) in [6.07, 6.45) is 0. The molecule has 0 fully saturated rings. The summed E-state index contributed by atoms with van der Waals surface area (Å²) in [6.45, 7) is 0. The van der Waals surface area contributed by atoms with Crippen LogP contribution in [0.2, 0.25) is 5.02 Å². The van der Waals surface area contributed by atoms with E-state index in [1.807, 2.05) is 30.3 Å². The van der Waals surface area contributed by atoms with Gasteiger partial charge in [-0.2, -0.15) is 4.68 Å². The first kappa shape index (κ1) is 13.4. The molecule has 1 aromatic heterocycles. The molecule has 2 N–H and O–H groups in total. The summed E-state index contributed by atoms with van der Waals surface area (Å²) in [7, 11) is 1.59. The van der Waals surface area contributed by atoms with Crippen LogP contribution in [0.1, 0.15) is 0 Å². The molecule has 0 amide bonds. The lowest BCUT2D eigenvalue weighted by molar-refractivity contribution is 0.411. The second-order valence-electron chi connectivity index (χ2n) is 4.29. The molecule has 0 saturated carbocycles. The van der Waals surface area contributed by atoms with Crippen molar-refractivity contribution in [3.05, 3.63) is 47.5 Å². The summed E-state index contributed by atoms with van der Waals surface area (Å²) in [5.74, 6) is 1.16. The van der Waals surface area contributed by atoms with E-state index >= 15 is 0 Å². The second kappa shape index (κ2) is 5.41. The fraction of sp³-hybridized carbons (Fsp3) is 0.0714. The van der Waals surface area contributed by atoms with Crippen molar-refractivity contribution in [1.29, 1.82) is 0 Å². The Hall–Kier alpha value is -2.60. The highest BCUT2D eigenvalue weighted by Gasteiger charge is 2.17. The average Bonchev–Trinajstić information content (AvgIpc) is 2.99. The first-order chi connectivity index (χ1) is 10.2. The lowest BCUT2D eigenvalue weighted by atomic mass is 10.2. The van der Waals surface area contributed by atoms with Crippen molar-refractivity contribution < 1.29 is 4.74 Å². The lowest BCUT2D eigenvalue weighted by Gasteiger charge is -2.10. The van der Waals surface area contributed by atoms with Gasteiger partial charge in [0.15, 0.2) is 5.82 Å². The summed E-state index contributed by atoms with van der Waals surface area (Å²) in [5.41, 5.74) is 7.69. The number of nitrogens with two attached hydrogens (primary N) is 1. The standard InChI is InChI=1S/C14H12ClN5O/c1-21-12-8-3-2-7-11(12)20-14(17-18-19-20)9-5-4-6-10(16)13(9)15/h2-8H,16H2,1H3. The number of hydrogen-bond donors (Lipinski definition) is 1. The molecule has 0 aliphatic carbocycles. The van der Waals surface area contributed by atoms with Crippen molar-refractivity contribution in [2.45, 2.75) is 0 Å². The van der Waals surface area contributed by atoms with Crippen molar-refractivity contribution in [1.82, 2.24) is 20.2 Å². The van der Waals surface area contributed by atoms with Crippen molar-refractivity contribution in [3.63, 3.8) is 0 Å². The quantitative estimate of drug-likeness (QED) is 0.752. The number of hydrogen-bond acceptors (Lipinski definition) is 5.